The molecular formula is C22H23BrO2. The highest BCUT2D eigenvalue weighted by molar-refractivity contribution is 9.10. The first-order chi connectivity index (χ1) is 12.0. The third kappa shape index (κ3) is 4.46. The molecule has 1 aliphatic rings. The van der Waals surface area contributed by atoms with Crippen molar-refractivity contribution in [3.05, 3.63) is 69.7 Å². The summed E-state index contributed by atoms with van der Waals surface area (Å²) in [5.41, 5.74) is 3.01. The van der Waals surface area contributed by atoms with Crippen molar-refractivity contribution < 1.29 is 9.59 Å². The Labute approximate surface area is 157 Å². The molecule has 0 saturated heterocycles. The minimum atomic E-state index is -0.0316. The first kappa shape index (κ1) is 18.1. The molecule has 1 aliphatic carbocycles. The SMILES string of the molecule is Cc1ccc(C(CC(=O)c2ccc(Br)cc2)C2CCCCC2=O)cc1. The Kier molecular flexibility index (Phi) is 5.85. The minimum absolute atomic E-state index is 0.0236. The van der Waals surface area contributed by atoms with Crippen LogP contribution in [-0.2, 0) is 4.79 Å². The smallest absolute Gasteiger partial charge is 0.163 e. The van der Waals surface area contributed by atoms with Gasteiger partial charge >= 0.3 is 0 Å². The maximum Gasteiger partial charge on any atom is 0.163 e. The highest BCUT2D eigenvalue weighted by Crippen LogP contribution is 2.37. The molecule has 1 fully saturated rings. The van der Waals surface area contributed by atoms with Gasteiger partial charge in [-0.25, -0.2) is 0 Å². The van der Waals surface area contributed by atoms with Crippen LogP contribution in [0.25, 0.3) is 0 Å². The fourth-order valence-corrected chi connectivity index (χ4v) is 3.96. The fraction of sp³-hybridized carbons (Fsp3) is 0.364. The summed E-state index contributed by atoms with van der Waals surface area (Å²) >= 11 is 3.40. The van der Waals surface area contributed by atoms with Gasteiger partial charge in [0.05, 0.1) is 0 Å². The fourth-order valence-electron chi connectivity index (χ4n) is 3.69. The lowest BCUT2D eigenvalue weighted by Crippen LogP contribution is -2.27. The Bertz CT molecular complexity index is 747. The van der Waals surface area contributed by atoms with E-state index in [-0.39, 0.29) is 17.6 Å². The predicted molar refractivity (Wildman–Crippen MR) is 104 cm³/mol. The van der Waals surface area contributed by atoms with E-state index in [0.29, 0.717) is 24.2 Å². The molecule has 3 rings (SSSR count). The van der Waals surface area contributed by atoms with Crippen molar-refractivity contribution in [3.8, 4) is 0 Å². The summed E-state index contributed by atoms with van der Waals surface area (Å²) in [7, 11) is 0. The van der Waals surface area contributed by atoms with Crippen LogP contribution in [0.1, 0.15) is 59.5 Å². The molecule has 25 heavy (non-hydrogen) atoms. The minimum Gasteiger partial charge on any atom is -0.299 e. The van der Waals surface area contributed by atoms with Crippen molar-refractivity contribution in [1.29, 1.82) is 0 Å². The number of Topliss-reactive ketones (excluding diaryl/α,β-unsaturated/α-hetero) is 2. The Morgan fingerprint density at radius 3 is 2.40 bits per heavy atom. The monoisotopic (exact) mass is 398 g/mol. The van der Waals surface area contributed by atoms with Crippen LogP contribution in [0.2, 0.25) is 0 Å². The molecule has 1 saturated carbocycles. The van der Waals surface area contributed by atoms with Crippen LogP contribution in [0.4, 0.5) is 0 Å². The largest absolute Gasteiger partial charge is 0.299 e. The van der Waals surface area contributed by atoms with E-state index in [1.165, 1.54) is 5.56 Å². The third-order valence-electron chi connectivity index (χ3n) is 5.16. The highest BCUT2D eigenvalue weighted by atomic mass is 79.9. The molecule has 0 spiro atoms. The molecule has 0 aliphatic heterocycles. The molecule has 0 bridgehead atoms. The van der Waals surface area contributed by atoms with Gasteiger partial charge in [-0.05, 0) is 37.5 Å². The van der Waals surface area contributed by atoms with Crippen LogP contribution in [-0.4, -0.2) is 11.6 Å². The summed E-state index contributed by atoms with van der Waals surface area (Å²) in [6.45, 7) is 2.05. The standard InChI is InChI=1S/C22H23BrO2/c1-15-6-8-16(9-7-15)20(19-4-2-3-5-21(19)24)14-22(25)17-10-12-18(23)13-11-17/h6-13,19-20H,2-5,14H2,1H3. The molecule has 3 heteroatoms. The zero-order valence-electron chi connectivity index (χ0n) is 14.5. The van der Waals surface area contributed by atoms with E-state index in [2.05, 4.69) is 47.1 Å². The van der Waals surface area contributed by atoms with Crippen LogP contribution in [0.3, 0.4) is 0 Å². The van der Waals surface area contributed by atoms with E-state index in [1.807, 2.05) is 24.3 Å². The summed E-state index contributed by atoms with van der Waals surface area (Å²) in [5, 5.41) is 0. The number of halogens is 1. The Balaban J connectivity index is 1.87. The van der Waals surface area contributed by atoms with Crippen LogP contribution in [0.5, 0.6) is 0 Å². The van der Waals surface area contributed by atoms with E-state index in [1.54, 1.807) is 0 Å². The number of benzene rings is 2. The number of carbonyl (C=O) groups is 2. The van der Waals surface area contributed by atoms with Crippen LogP contribution < -0.4 is 0 Å². The molecule has 0 N–H and O–H groups in total. The number of hydrogen-bond donors (Lipinski definition) is 0. The van der Waals surface area contributed by atoms with Gasteiger partial charge in [0.1, 0.15) is 5.78 Å². The van der Waals surface area contributed by atoms with E-state index in [0.717, 1.165) is 29.3 Å². The second-order valence-corrected chi connectivity index (χ2v) is 7.89. The summed E-state index contributed by atoms with van der Waals surface area (Å²) < 4.78 is 0.960. The maximum atomic E-state index is 12.8. The summed E-state index contributed by atoms with van der Waals surface area (Å²) in [6, 6.07) is 15.8. The van der Waals surface area contributed by atoms with Gasteiger partial charge in [0.25, 0.3) is 0 Å². The quantitative estimate of drug-likeness (QED) is 0.589. The van der Waals surface area contributed by atoms with Crippen molar-refractivity contribution in [2.24, 2.45) is 5.92 Å². The lowest BCUT2D eigenvalue weighted by atomic mass is 9.73. The zero-order valence-corrected chi connectivity index (χ0v) is 16.1. The van der Waals surface area contributed by atoms with Gasteiger partial charge in [0.2, 0.25) is 0 Å². The number of hydrogen-bond acceptors (Lipinski definition) is 2. The second kappa shape index (κ2) is 8.09. The summed E-state index contributed by atoms with van der Waals surface area (Å²) in [5.74, 6) is 0.372. The maximum absolute atomic E-state index is 12.8. The van der Waals surface area contributed by atoms with Gasteiger partial charge in [-0.15, -0.1) is 0 Å². The second-order valence-electron chi connectivity index (χ2n) is 6.97. The molecule has 2 atom stereocenters. The third-order valence-corrected chi connectivity index (χ3v) is 5.69. The number of ketones is 2. The molecule has 2 unspecified atom stereocenters. The molecule has 0 aromatic heterocycles. The van der Waals surface area contributed by atoms with E-state index in [4.69, 9.17) is 0 Å². The molecule has 130 valence electrons. The molecular weight excluding hydrogens is 376 g/mol. The first-order valence-electron chi connectivity index (χ1n) is 8.92. The van der Waals surface area contributed by atoms with Gasteiger partial charge in [0.15, 0.2) is 5.78 Å². The van der Waals surface area contributed by atoms with E-state index >= 15 is 0 Å². The van der Waals surface area contributed by atoms with Crippen LogP contribution in [0.15, 0.2) is 53.0 Å². The number of carbonyl (C=O) groups excluding carboxylic acids is 2. The topological polar surface area (TPSA) is 34.1 Å². The van der Waals surface area contributed by atoms with Gasteiger partial charge < -0.3 is 0 Å². The number of rotatable bonds is 5. The van der Waals surface area contributed by atoms with Crippen molar-refractivity contribution in [1.82, 2.24) is 0 Å². The summed E-state index contributed by atoms with van der Waals surface area (Å²) in [4.78, 5) is 25.4. The average molecular weight is 399 g/mol. The summed E-state index contributed by atoms with van der Waals surface area (Å²) in [6.07, 6.45) is 3.99. The predicted octanol–water partition coefficient (Wildman–Crippen LogP) is 5.87. The average Bonchev–Trinajstić information content (AvgIpc) is 2.62. The molecule has 2 aromatic carbocycles. The Hall–Kier alpha value is -1.74. The van der Waals surface area contributed by atoms with Crippen molar-refractivity contribution >= 4 is 27.5 Å². The number of aryl methyl sites for hydroxylation is 1. The van der Waals surface area contributed by atoms with Crippen molar-refractivity contribution in [2.75, 3.05) is 0 Å². The van der Waals surface area contributed by atoms with E-state index in [9.17, 15) is 9.59 Å². The molecule has 0 heterocycles. The normalized spacial score (nSPS) is 18.8. The van der Waals surface area contributed by atoms with Gasteiger partial charge in [-0.3, -0.25) is 9.59 Å². The zero-order chi connectivity index (χ0) is 17.8. The van der Waals surface area contributed by atoms with E-state index < -0.39 is 0 Å². The lowest BCUT2D eigenvalue weighted by Gasteiger charge is -2.29. The highest BCUT2D eigenvalue weighted by Gasteiger charge is 2.32. The van der Waals surface area contributed by atoms with Crippen LogP contribution in [0, 0.1) is 12.8 Å². The molecule has 0 radical (unpaired) electrons. The first-order valence-corrected chi connectivity index (χ1v) is 9.72. The Morgan fingerprint density at radius 1 is 1.08 bits per heavy atom. The Morgan fingerprint density at radius 2 is 1.76 bits per heavy atom. The van der Waals surface area contributed by atoms with Crippen molar-refractivity contribution in [3.63, 3.8) is 0 Å². The lowest BCUT2D eigenvalue weighted by molar-refractivity contribution is -0.125. The molecule has 0 amide bonds. The van der Waals surface area contributed by atoms with Gasteiger partial charge in [-0.1, -0.05) is 64.3 Å². The van der Waals surface area contributed by atoms with Gasteiger partial charge in [0, 0.05) is 34.7 Å². The molecule has 2 aromatic rings. The van der Waals surface area contributed by atoms with Crippen molar-refractivity contribution in [2.45, 2.75) is 44.9 Å². The van der Waals surface area contributed by atoms with Gasteiger partial charge in [-0.2, -0.15) is 0 Å². The van der Waals surface area contributed by atoms with Crippen LogP contribution >= 0.6 is 15.9 Å². The molecule has 2 nitrogen and oxygen atoms in total.